The molecule has 1 saturated heterocycles. The zero-order valence-corrected chi connectivity index (χ0v) is 13.1. The van der Waals surface area contributed by atoms with E-state index in [4.69, 9.17) is 0 Å². The van der Waals surface area contributed by atoms with Crippen molar-refractivity contribution in [3.8, 4) is 0 Å². The molecule has 20 heavy (non-hydrogen) atoms. The van der Waals surface area contributed by atoms with Gasteiger partial charge >= 0.3 is 0 Å². The summed E-state index contributed by atoms with van der Waals surface area (Å²) in [6.45, 7) is 7.53. The van der Waals surface area contributed by atoms with Gasteiger partial charge in [0.2, 0.25) is 0 Å². The maximum atomic E-state index is 12.2. The van der Waals surface area contributed by atoms with Crippen LogP contribution in [0.25, 0.3) is 0 Å². The molecule has 1 aliphatic rings. The molecule has 1 aromatic heterocycles. The maximum Gasteiger partial charge on any atom is 0.255 e. The van der Waals surface area contributed by atoms with Gasteiger partial charge in [-0.2, -0.15) is 5.10 Å². The molecule has 6 nitrogen and oxygen atoms in total. The lowest BCUT2D eigenvalue weighted by Gasteiger charge is -2.20. The van der Waals surface area contributed by atoms with Crippen LogP contribution >= 0.6 is 0 Å². The Hall–Kier alpha value is -1.37. The van der Waals surface area contributed by atoms with E-state index >= 15 is 0 Å². The molecule has 0 saturated carbocycles. The number of aromatic nitrogens is 2. The van der Waals surface area contributed by atoms with Crippen molar-refractivity contribution in [1.82, 2.24) is 15.1 Å². The number of carbonyl (C=O) groups is 1. The molecule has 0 bridgehead atoms. The Kier molecular flexibility index (Phi) is 3.66. The van der Waals surface area contributed by atoms with Crippen molar-refractivity contribution >= 4 is 15.7 Å². The molecule has 1 fully saturated rings. The van der Waals surface area contributed by atoms with Gasteiger partial charge in [-0.1, -0.05) is 0 Å². The highest BCUT2D eigenvalue weighted by Gasteiger charge is 2.31. The summed E-state index contributed by atoms with van der Waals surface area (Å²) in [4.78, 5) is 12.2. The van der Waals surface area contributed by atoms with Gasteiger partial charge in [0, 0.05) is 11.2 Å². The fourth-order valence-electron chi connectivity index (χ4n) is 2.39. The molecule has 2 rings (SSSR count). The Morgan fingerprint density at radius 3 is 2.60 bits per heavy atom. The standard InChI is InChI=1S/C13H21N3O3S/c1-9-11(12(17)15-13(2,3)4)7-14-16(9)10-5-6-20(18,19)8-10/h7,10H,5-6,8H2,1-4H3,(H,15,17). The van der Waals surface area contributed by atoms with Gasteiger partial charge in [0.1, 0.15) is 0 Å². The summed E-state index contributed by atoms with van der Waals surface area (Å²) in [5, 5.41) is 7.09. The molecule has 0 spiro atoms. The Balaban J connectivity index is 2.22. The molecule has 7 heteroatoms. The zero-order valence-electron chi connectivity index (χ0n) is 12.3. The molecular formula is C13H21N3O3S. The minimum Gasteiger partial charge on any atom is -0.347 e. The first-order chi connectivity index (χ1) is 9.09. The SMILES string of the molecule is Cc1c(C(=O)NC(C)(C)C)cnn1C1CCS(=O)(=O)C1. The third-order valence-electron chi connectivity index (χ3n) is 3.33. The lowest BCUT2D eigenvalue weighted by molar-refractivity contribution is 0.0918. The summed E-state index contributed by atoms with van der Waals surface area (Å²) in [6, 6.07) is -0.156. The highest BCUT2D eigenvalue weighted by atomic mass is 32.2. The van der Waals surface area contributed by atoms with Gasteiger partial charge in [0.05, 0.1) is 29.3 Å². The lowest BCUT2D eigenvalue weighted by atomic mass is 10.1. The number of hydrogen-bond acceptors (Lipinski definition) is 4. The van der Waals surface area contributed by atoms with Crippen molar-refractivity contribution in [2.24, 2.45) is 0 Å². The van der Waals surface area contributed by atoms with Crippen LogP contribution in [0.3, 0.4) is 0 Å². The van der Waals surface area contributed by atoms with Crippen LogP contribution in [-0.4, -0.2) is 41.2 Å². The second-order valence-electron chi connectivity index (χ2n) is 6.35. The minimum absolute atomic E-state index is 0.107. The maximum absolute atomic E-state index is 12.2. The van der Waals surface area contributed by atoms with E-state index in [-0.39, 0.29) is 29.0 Å². The van der Waals surface area contributed by atoms with Crippen LogP contribution in [0.2, 0.25) is 0 Å². The molecule has 1 N–H and O–H groups in total. The third-order valence-corrected chi connectivity index (χ3v) is 5.08. The first kappa shape index (κ1) is 15.0. The van der Waals surface area contributed by atoms with E-state index in [0.29, 0.717) is 17.7 Å². The summed E-state index contributed by atoms with van der Waals surface area (Å²) in [5.74, 6) is 0.123. The Morgan fingerprint density at radius 1 is 1.45 bits per heavy atom. The molecule has 1 aromatic rings. The third kappa shape index (κ3) is 3.20. The molecule has 1 amide bonds. The van der Waals surface area contributed by atoms with E-state index in [1.54, 1.807) is 11.6 Å². The van der Waals surface area contributed by atoms with Gasteiger partial charge in [0.15, 0.2) is 9.84 Å². The number of carbonyl (C=O) groups excluding carboxylic acids is 1. The topological polar surface area (TPSA) is 81.1 Å². The fourth-order valence-corrected chi connectivity index (χ4v) is 4.08. The van der Waals surface area contributed by atoms with Gasteiger partial charge in [0.25, 0.3) is 5.91 Å². The van der Waals surface area contributed by atoms with E-state index in [1.807, 2.05) is 20.8 Å². The van der Waals surface area contributed by atoms with Crippen molar-refractivity contribution in [3.63, 3.8) is 0 Å². The number of nitrogens with zero attached hydrogens (tertiary/aromatic N) is 2. The van der Waals surface area contributed by atoms with E-state index in [1.165, 1.54) is 6.20 Å². The molecule has 1 aliphatic heterocycles. The highest BCUT2D eigenvalue weighted by Crippen LogP contribution is 2.25. The predicted octanol–water partition coefficient (Wildman–Crippen LogP) is 1.08. The number of hydrogen-bond donors (Lipinski definition) is 1. The molecule has 2 heterocycles. The van der Waals surface area contributed by atoms with Crippen molar-refractivity contribution < 1.29 is 13.2 Å². The first-order valence-corrected chi connectivity index (χ1v) is 8.48. The predicted molar refractivity (Wildman–Crippen MR) is 76.5 cm³/mol. The normalized spacial score (nSPS) is 21.9. The van der Waals surface area contributed by atoms with Gasteiger partial charge in [-0.05, 0) is 34.1 Å². The first-order valence-electron chi connectivity index (χ1n) is 6.66. The van der Waals surface area contributed by atoms with Crippen LogP contribution in [0.15, 0.2) is 6.20 Å². The Morgan fingerprint density at radius 2 is 2.10 bits per heavy atom. The second kappa shape index (κ2) is 4.87. The van der Waals surface area contributed by atoms with Gasteiger partial charge in [-0.3, -0.25) is 9.48 Å². The molecule has 112 valence electrons. The summed E-state index contributed by atoms with van der Waals surface area (Å²) < 4.78 is 24.7. The van der Waals surface area contributed by atoms with Crippen LogP contribution in [-0.2, 0) is 9.84 Å². The summed E-state index contributed by atoms with van der Waals surface area (Å²) in [5.41, 5.74) is 0.903. The number of nitrogens with one attached hydrogen (secondary N) is 1. The Labute approximate surface area is 119 Å². The summed E-state index contributed by atoms with van der Waals surface area (Å²) in [6.07, 6.45) is 2.08. The van der Waals surface area contributed by atoms with Crippen LogP contribution in [0.5, 0.6) is 0 Å². The average Bonchev–Trinajstić information content (AvgIpc) is 2.79. The quantitative estimate of drug-likeness (QED) is 0.886. The minimum atomic E-state index is -2.96. The summed E-state index contributed by atoms with van der Waals surface area (Å²) in [7, 11) is -2.96. The number of amides is 1. The largest absolute Gasteiger partial charge is 0.347 e. The van der Waals surface area contributed by atoms with Crippen LogP contribution in [0.4, 0.5) is 0 Å². The van der Waals surface area contributed by atoms with E-state index in [0.717, 1.165) is 0 Å². The number of sulfone groups is 1. The second-order valence-corrected chi connectivity index (χ2v) is 8.58. The molecule has 0 radical (unpaired) electrons. The van der Waals surface area contributed by atoms with Crippen molar-refractivity contribution in [1.29, 1.82) is 0 Å². The number of rotatable bonds is 2. The molecule has 1 unspecified atom stereocenters. The van der Waals surface area contributed by atoms with Crippen LogP contribution in [0, 0.1) is 6.92 Å². The Bertz CT molecular complexity index is 626. The smallest absolute Gasteiger partial charge is 0.255 e. The summed E-state index contributed by atoms with van der Waals surface area (Å²) >= 11 is 0. The van der Waals surface area contributed by atoms with E-state index in [9.17, 15) is 13.2 Å². The van der Waals surface area contributed by atoms with Crippen LogP contribution < -0.4 is 5.32 Å². The molecule has 1 atom stereocenters. The van der Waals surface area contributed by atoms with Gasteiger partial charge in [-0.25, -0.2) is 8.42 Å². The van der Waals surface area contributed by atoms with Crippen molar-refractivity contribution in [2.75, 3.05) is 11.5 Å². The van der Waals surface area contributed by atoms with Crippen molar-refractivity contribution in [3.05, 3.63) is 17.5 Å². The zero-order chi connectivity index (χ0) is 15.1. The van der Waals surface area contributed by atoms with E-state index < -0.39 is 9.84 Å². The highest BCUT2D eigenvalue weighted by molar-refractivity contribution is 7.91. The lowest BCUT2D eigenvalue weighted by Crippen LogP contribution is -2.40. The van der Waals surface area contributed by atoms with Gasteiger partial charge in [-0.15, -0.1) is 0 Å². The van der Waals surface area contributed by atoms with Gasteiger partial charge < -0.3 is 5.32 Å². The monoisotopic (exact) mass is 299 g/mol. The van der Waals surface area contributed by atoms with Crippen molar-refractivity contribution in [2.45, 2.75) is 45.7 Å². The fraction of sp³-hybridized carbons (Fsp3) is 0.692. The average molecular weight is 299 g/mol. The van der Waals surface area contributed by atoms with Crippen LogP contribution in [0.1, 0.15) is 49.3 Å². The van der Waals surface area contributed by atoms with E-state index in [2.05, 4.69) is 10.4 Å². The molecular weight excluding hydrogens is 278 g/mol. The molecule has 0 aliphatic carbocycles. The molecule has 0 aromatic carbocycles.